The number of hydrogen-bond donors (Lipinski definition) is 2. The molecule has 21 heavy (non-hydrogen) atoms. The zero-order chi connectivity index (χ0) is 15.4. The Morgan fingerprint density at radius 3 is 2.71 bits per heavy atom. The van der Waals surface area contributed by atoms with Gasteiger partial charge in [0.1, 0.15) is 12.4 Å². The predicted octanol–water partition coefficient (Wildman–Crippen LogP) is 3.07. The minimum atomic E-state index is -1.12. The first kappa shape index (κ1) is 14.7. The van der Waals surface area contributed by atoms with Crippen molar-refractivity contribution >= 4 is 23.3 Å². The number of nitrogen functional groups attached to an aromatic ring is 1. The van der Waals surface area contributed by atoms with E-state index in [0.29, 0.717) is 21.9 Å². The third kappa shape index (κ3) is 3.44. The molecule has 0 heterocycles. The fraction of sp³-hybridized carbons (Fsp3) is 0.0667. The third-order valence-electron chi connectivity index (χ3n) is 2.83. The summed E-state index contributed by atoms with van der Waals surface area (Å²) in [4.78, 5) is 11.0. The van der Waals surface area contributed by atoms with E-state index in [1.54, 1.807) is 24.3 Å². The number of hydrogen-bond acceptors (Lipinski definition) is 4. The van der Waals surface area contributed by atoms with Crippen LogP contribution in [-0.2, 0) is 6.61 Å². The highest BCUT2D eigenvalue weighted by Gasteiger charge is 2.10. The summed E-state index contributed by atoms with van der Waals surface area (Å²) < 4.78 is 5.51. The number of carbonyl (C=O) groups is 1. The van der Waals surface area contributed by atoms with E-state index < -0.39 is 5.97 Å². The summed E-state index contributed by atoms with van der Waals surface area (Å²) in [6.07, 6.45) is 0. The highest BCUT2D eigenvalue weighted by atomic mass is 35.5. The molecule has 6 heteroatoms. The number of carboxylic acid groups (broad SMARTS) is 1. The summed E-state index contributed by atoms with van der Waals surface area (Å²) in [5.74, 6) is -0.739. The third-order valence-corrected chi connectivity index (χ3v) is 3.18. The molecule has 3 N–H and O–H groups in total. The van der Waals surface area contributed by atoms with Gasteiger partial charge in [0, 0.05) is 16.3 Å². The van der Waals surface area contributed by atoms with Gasteiger partial charge < -0.3 is 15.6 Å². The summed E-state index contributed by atoms with van der Waals surface area (Å²) in [6.45, 7) is 0.160. The summed E-state index contributed by atoms with van der Waals surface area (Å²) >= 11 is 6.04. The molecule has 2 aromatic rings. The van der Waals surface area contributed by atoms with Gasteiger partial charge in [-0.2, -0.15) is 5.26 Å². The molecule has 0 aromatic heterocycles. The summed E-state index contributed by atoms with van der Waals surface area (Å²) in [7, 11) is 0. The molecule has 2 aromatic carbocycles. The molecule has 0 unspecified atom stereocenters. The van der Waals surface area contributed by atoms with Crippen molar-refractivity contribution in [3.05, 3.63) is 58.1 Å². The van der Waals surface area contributed by atoms with E-state index in [1.807, 2.05) is 6.07 Å². The largest absolute Gasteiger partial charge is 0.489 e. The fourth-order valence-electron chi connectivity index (χ4n) is 1.71. The van der Waals surface area contributed by atoms with Crippen LogP contribution in [0.5, 0.6) is 5.75 Å². The molecule has 5 nitrogen and oxygen atoms in total. The van der Waals surface area contributed by atoms with E-state index in [4.69, 9.17) is 32.4 Å². The molecular formula is C15H11ClN2O3. The Bertz CT molecular complexity index is 738. The van der Waals surface area contributed by atoms with E-state index in [1.165, 1.54) is 12.1 Å². The number of nitriles is 1. The van der Waals surface area contributed by atoms with Crippen LogP contribution < -0.4 is 10.5 Å². The second-order valence-electron chi connectivity index (χ2n) is 4.26. The van der Waals surface area contributed by atoms with Crippen molar-refractivity contribution in [1.29, 1.82) is 5.26 Å². The smallest absolute Gasteiger partial charge is 0.337 e. The maximum Gasteiger partial charge on any atom is 0.337 e. The van der Waals surface area contributed by atoms with Gasteiger partial charge in [-0.3, -0.25) is 0 Å². The van der Waals surface area contributed by atoms with Crippen LogP contribution in [0.15, 0.2) is 36.4 Å². The minimum Gasteiger partial charge on any atom is -0.489 e. The highest BCUT2D eigenvalue weighted by molar-refractivity contribution is 6.31. The Labute approximate surface area is 126 Å². The average molecular weight is 303 g/mol. The van der Waals surface area contributed by atoms with Crippen LogP contribution in [0.4, 0.5) is 5.69 Å². The summed E-state index contributed by atoms with van der Waals surface area (Å²) in [6, 6.07) is 11.3. The highest BCUT2D eigenvalue weighted by Crippen LogP contribution is 2.23. The molecule has 0 bridgehead atoms. The Morgan fingerprint density at radius 1 is 1.33 bits per heavy atom. The van der Waals surface area contributed by atoms with Crippen molar-refractivity contribution in [3.63, 3.8) is 0 Å². The molecular weight excluding hydrogens is 292 g/mol. The lowest BCUT2D eigenvalue weighted by Crippen LogP contribution is -2.03. The second-order valence-corrected chi connectivity index (χ2v) is 4.67. The number of nitrogens with zero attached hydrogens (tertiary/aromatic N) is 1. The van der Waals surface area contributed by atoms with Crippen LogP contribution in [0.2, 0.25) is 5.02 Å². The standard InChI is InChI=1S/C15H11ClN2O3/c16-13-5-9(7-17)1-2-10(13)8-21-11-3-4-14(18)12(6-11)15(19)20/h1-6H,8,18H2,(H,19,20). The molecule has 0 radical (unpaired) electrons. The molecule has 0 fully saturated rings. The summed E-state index contributed by atoms with van der Waals surface area (Å²) in [5.41, 5.74) is 6.88. The first-order valence-corrected chi connectivity index (χ1v) is 6.33. The lowest BCUT2D eigenvalue weighted by atomic mass is 10.1. The minimum absolute atomic E-state index is 0.0153. The summed E-state index contributed by atoms with van der Waals surface area (Å²) in [5, 5.41) is 18.2. The molecule has 0 amide bonds. The molecule has 0 aliphatic rings. The quantitative estimate of drug-likeness (QED) is 0.846. The van der Waals surface area contributed by atoms with Crippen LogP contribution in [0.3, 0.4) is 0 Å². The van der Waals surface area contributed by atoms with E-state index in [2.05, 4.69) is 0 Å². The fourth-order valence-corrected chi connectivity index (χ4v) is 1.94. The Kier molecular flexibility index (Phi) is 4.31. The number of carboxylic acids is 1. The predicted molar refractivity (Wildman–Crippen MR) is 78.3 cm³/mol. The lowest BCUT2D eigenvalue weighted by Gasteiger charge is -2.09. The molecule has 0 spiro atoms. The molecule has 0 atom stereocenters. The van der Waals surface area contributed by atoms with Crippen LogP contribution >= 0.6 is 11.6 Å². The number of halogens is 1. The molecule has 106 valence electrons. The van der Waals surface area contributed by atoms with Gasteiger partial charge in [0.25, 0.3) is 0 Å². The topological polar surface area (TPSA) is 96.3 Å². The van der Waals surface area contributed by atoms with Crippen molar-refractivity contribution in [2.24, 2.45) is 0 Å². The normalized spacial score (nSPS) is 9.90. The van der Waals surface area contributed by atoms with Gasteiger partial charge in [-0.1, -0.05) is 17.7 Å². The van der Waals surface area contributed by atoms with Crippen LogP contribution in [0, 0.1) is 11.3 Å². The van der Waals surface area contributed by atoms with Gasteiger partial charge in [-0.15, -0.1) is 0 Å². The number of aromatic carboxylic acids is 1. The van der Waals surface area contributed by atoms with Crippen LogP contribution in [-0.4, -0.2) is 11.1 Å². The van der Waals surface area contributed by atoms with Gasteiger partial charge in [0.2, 0.25) is 0 Å². The van der Waals surface area contributed by atoms with Gasteiger partial charge in [-0.05, 0) is 30.3 Å². The monoisotopic (exact) mass is 302 g/mol. The van der Waals surface area contributed by atoms with Gasteiger partial charge in [-0.25, -0.2) is 4.79 Å². The van der Waals surface area contributed by atoms with Crippen LogP contribution in [0.1, 0.15) is 21.5 Å². The van der Waals surface area contributed by atoms with E-state index in [-0.39, 0.29) is 17.9 Å². The molecule has 0 aliphatic heterocycles. The van der Waals surface area contributed by atoms with Gasteiger partial charge >= 0.3 is 5.97 Å². The van der Waals surface area contributed by atoms with E-state index in [9.17, 15) is 4.79 Å². The first-order valence-electron chi connectivity index (χ1n) is 5.95. The Balaban J connectivity index is 2.15. The number of rotatable bonds is 4. The van der Waals surface area contributed by atoms with Crippen molar-refractivity contribution in [3.8, 4) is 11.8 Å². The average Bonchev–Trinajstić information content (AvgIpc) is 2.47. The van der Waals surface area contributed by atoms with E-state index in [0.717, 1.165) is 0 Å². The zero-order valence-corrected chi connectivity index (χ0v) is 11.6. The van der Waals surface area contributed by atoms with Crippen molar-refractivity contribution < 1.29 is 14.6 Å². The second kappa shape index (κ2) is 6.16. The van der Waals surface area contributed by atoms with Gasteiger partial charge in [0.15, 0.2) is 0 Å². The first-order chi connectivity index (χ1) is 10.0. The van der Waals surface area contributed by atoms with Crippen molar-refractivity contribution in [2.45, 2.75) is 6.61 Å². The SMILES string of the molecule is N#Cc1ccc(COc2ccc(N)c(C(=O)O)c2)c(Cl)c1. The van der Waals surface area contributed by atoms with Gasteiger partial charge in [0.05, 0.1) is 17.2 Å². The Morgan fingerprint density at radius 2 is 2.10 bits per heavy atom. The maximum atomic E-state index is 11.0. The molecule has 0 saturated heterocycles. The molecule has 0 saturated carbocycles. The molecule has 2 rings (SSSR count). The lowest BCUT2D eigenvalue weighted by molar-refractivity contribution is 0.0697. The Hall–Kier alpha value is -2.71. The number of ether oxygens (including phenoxy) is 1. The maximum absolute atomic E-state index is 11.0. The van der Waals surface area contributed by atoms with Crippen molar-refractivity contribution in [1.82, 2.24) is 0 Å². The van der Waals surface area contributed by atoms with Crippen LogP contribution in [0.25, 0.3) is 0 Å². The number of anilines is 1. The molecule has 0 aliphatic carbocycles. The number of nitrogens with two attached hydrogens (primary N) is 1. The van der Waals surface area contributed by atoms with E-state index >= 15 is 0 Å². The zero-order valence-electron chi connectivity index (χ0n) is 10.8. The number of benzene rings is 2. The van der Waals surface area contributed by atoms with Crippen molar-refractivity contribution in [2.75, 3.05) is 5.73 Å².